The maximum Gasteiger partial charge on any atom is 0.416 e. The second kappa shape index (κ2) is 10.4. The number of aromatic hydroxyl groups is 1. The molecule has 10 heteroatoms. The predicted molar refractivity (Wildman–Crippen MR) is 120 cm³/mol. The van der Waals surface area contributed by atoms with E-state index in [0.29, 0.717) is 37.6 Å². The van der Waals surface area contributed by atoms with E-state index in [2.05, 4.69) is 9.88 Å². The number of hydrogen-bond donors (Lipinski definition) is 1. The molecule has 35 heavy (non-hydrogen) atoms. The molecule has 0 atom stereocenters. The van der Waals surface area contributed by atoms with Gasteiger partial charge in [-0.3, -0.25) is 4.90 Å². The van der Waals surface area contributed by atoms with Crippen LogP contribution in [0.4, 0.5) is 13.2 Å². The zero-order chi connectivity index (χ0) is 25.0. The van der Waals surface area contributed by atoms with Gasteiger partial charge >= 0.3 is 12.1 Å². The second-order valence-corrected chi connectivity index (χ2v) is 8.14. The Kier molecular flexibility index (Phi) is 7.30. The van der Waals surface area contributed by atoms with E-state index >= 15 is 0 Å². The Balaban J connectivity index is 1.39. The lowest BCUT2D eigenvalue weighted by Crippen LogP contribution is -2.25. The van der Waals surface area contributed by atoms with Gasteiger partial charge in [0.2, 0.25) is 5.89 Å². The van der Waals surface area contributed by atoms with E-state index in [1.54, 1.807) is 6.92 Å². The highest BCUT2D eigenvalue weighted by Crippen LogP contribution is 2.32. The standard InChI is InChI=1S/C25H25F3N2O5/c1-2-33-22(31)15-34-20-8-5-16-9-11-30(12-10-18(16)13-20)14-21-23(32)29-24(35-21)17-3-6-19(7-4-17)25(26,27)28/h3-8,13,32H,2,9-12,14-15H2,1H3. The Morgan fingerprint density at radius 2 is 1.83 bits per heavy atom. The Hall–Kier alpha value is -3.53. The fraction of sp³-hybridized carbons (Fsp3) is 0.360. The lowest BCUT2D eigenvalue weighted by Gasteiger charge is -2.17. The number of carbonyl (C=O) groups is 1. The number of fused-ring (bicyclic) bond motifs is 1. The van der Waals surface area contributed by atoms with E-state index in [1.807, 2.05) is 18.2 Å². The summed E-state index contributed by atoms with van der Waals surface area (Å²) < 4.78 is 54.5. The molecule has 1 N–H and O–H groups in total. The van der Waals surface area contributed by atoms with Gasteiger partial charge in [-0.25, -0.2) is 4.79 Å². The van der Waals surface area contributed by atoms with Gasteiger partial charge in [0.1, 0.15) is 5.75 Å². The number of rotatable bonds is 7. The summed E-state index contributed by atoms with van der Waals surface area (Å²) in [6.45, 7) is 3.59. The SMILES string of the molecule is CCOC(=O)COc1ccc2c(c1)CCN(Cc1oc(-c3ccc(C(F)(F)F)cc3)nc1O)CC2. The van der Waals surface area contributed by atoms with Gasteiger partial charge in [0, 0.05) is 18.7 Å². The lowest BCUT2D eigenvalue weighted by atomic mass is 10.0. The molecule has 0 fully saturated rings. The number of oxazole rings is 1. The van der Waals surface area contributed by atoms with Crippen LogP contribution in [0.1, 0.15) is 29.4 Å². The molecule has 2 heterocycles. The third-order valence-electron chi connectivity index (χ3n) is 5.74. The zero-order valence-electron chi connectivity index (χ0n) is 19.1. The van der Waals surface area contributed by atoms with E-state index in [9.17, 15) is 23.1 Å². The van der Waals surface area contributed by atoms with Gasteiger partial charge in [-0.15, -0.1) is 0 Å². The Morgan fingerprint density at radius 3 is 2.51 bits per heavy atom. The molecule has 0 radical (unpaired) electrons. The molecular formula is C25H25F3N2O5. The largest absolute Gasteiger partial charge is 0.491 e. The van der Waals surface area contributed by atoms with Crippen molar-refractivity contribution >= 4 is 5.97 Å². The average molecular weight is 490 g/mol. The van der Waals surface area contributed by atoms with Crippen molar-refractivity contribution in [1.29, 1.82) is 0 Å². The normalized spacial score (nSPS) is 14.3. The van der Waals surface area contributed by atoms with Crippen LogP contribution in [0.25, 0.3) is 11.5 Å². The number of nitrogens with zero attached hydrogens (tertiary/aromatic N) is 2. The van der Waals surface area contributed by atoms with Gasteiger partial charge in [0.15, 0.2) is 12.4 Å². The third-order valence-corrected chi connectivity index (χ3v) is 5.74. The zero-order valence-corrected chi connectivity index (χ0v) is 19.1. The molecule has 7 nitrogen and oxygen atoms in total. The fourth-order valence-electron chi connectivity index (χ4n) is 3.92. The van der Waals surface area contributed by atoms with Crippen molar-refractivity contribution < 1.29 is 37.0 Å². The van der Waals surface area contributed by atoms with E-state index < -0.39 is 17.7 Å². The van der Waals surface area contributed by atoms with Crippen LogP contribution in [0.5, 0.6) is 11.6 Å². The molecule has 0 bridgehead atoms. The highest BCUT2D eigenvalue weighted by Gasteiger charge is 2.30. The van der Waals surface area contributed by atoms with E-state index in [-0.39, 0.29) is 24.1 Å². The van der Waals surface area contributed by atoms with Crippen molar-refractivity contribution in [2.45, 2.75) is 32.5 Å². The number of aromatic nitrogens is 1. The molecule has 1 aliphatic heterocycles. The van der Waals surface area contributed by atoms with E-state index in [0.717, 1.165) is 30.5 Å². The molecule has 0 saturated carbocycles. The topological polar surface area (TPSA) is 85.0 Å². The summed E-state index contributed by atoms with van der Waals surface area (Å²) in [5.74, 6) is 0.212. The summed E-state index contributed by atoms with van der Waals surface area (Å²) in [7, 11) is 0. The highest BCUT2D eigenvalue weighted by atomic mass is 19.4. The Bertz CT molecular complexity index is 1170. The summed E-state index contributed by atoms with van der Waals surface area (Å²) in [6, 6.07) is 10.2. The van der Waals surface area contributed by atoms with Gasteiger partial charge in [0.05, 0.1) is 18.7 Å². The molecule has 1 aromatic heterocycles. The fourth-order valence-corrected chi connectivity index (χ4v) is 3.92. The van der Waals surface area contributed by atoms with Crippen LogP contribution in [-0.2, 0) is 35.1 Å². The average Bonchev–Trinajstić information content (AvgIpc) is 3.07. The van der Waals surface area contributed by atoms with E-state index in [4.69, 9.17) is 13.9 Å². The summed E-state index contributed by atoms with van der Waals surface area (Å²) in [5, 5.41) is 10.3. The van der Waals surface area contributed by atoms with Crippen molar-refractivity contribution in [3.8, 4) is 23.1 Å². The van der Waals surface area contributed by atoms with Crippen LogP contribution in [0.3, 0.4) is 0 Å². The smallest absolute Gasteiger partial charge is 0.416 e. The number of esters is 1. The minimum absolute atomic E-state index is 0.0627. The maximum atomic E-state index is 12.8. The summed E-state index contributed by atoms with van der Waals surface area (Å²) in [6.07, 6.45) is -2.93. The summed E-state index contributed by atoms with van der Waals surface area (Å²) in [5.41, 5.74) is 1.86. The number of benzene rings is 2. The van der Waals surface area contributed by atoms with Gasteiger partial charge in [-0.2, -0.15) is 18.2 Å². The maximum absolute atomic E-state index is 12.8. The van der Waals surface area contributed by atoms with Gasteiger partial charge in [-0.05, 0) is 67.3 Å². The molecule has 1 aliphatic rings. The Labute approximate surface area is 200 Å². The van der Waals surface area contributed by atoms with Crippen molar-refractivity contribution in [2.75, 3.05) is 26.3 Å². The van der Waals surface area contributed by atoms with Crippen molar-refractivity contribution in [3.63, 3.8) is 0 Å². The molecule has 2 aromatic carbocycles. The van der Waals surface area contributed by atoms with Crippen LogP contribution in [0.2, 0.25) is 0 Å². The number of halogens is 3. The molecule has 0 amide bonds. The molecule has 3 aromatic rings. The lowest BCUT2D eigenvalue weighted by molar-refractivity contribution is -0.145. The Morgan fingerprint density at radius 1 is 1.11 bits per heavy atom. The number of carbonyl (C=O) groups excluding carboxylic acids is 1. The number of hydrogen-bond acceptors (Lipinski definition) is 7. The quantitative estimate of drug-likeness (QED) is 0.484. The third kappa shape index (κ3) is 6.13. The summed E-state index contributed by atoms with van der Waals surface area (Å²) >= 11 is 0. The summed E-state index contributed by atoms with van der Waals surface area (Å²) in [4.78, 5) is 17.6. The first-order valence-electron chi connectivity index (χ1n) is 11.2. The molecule has 0 spiro atoms. The van der Waals surface area contributed by atoms with Gasteiger partial charge < -0.3 is 19.0 Å². The molecule has 0 saturated heterocycles. The number of ether oxygens (including phenoxy) is 2. The monoisotopic (exact) mass is 490 g/mol. The second-order valence-electron chi connectivity index (χ2n) is 8.14. The van der Waals surface area contributed by atoms with Crippen molar-refractivity contribution in [3.05, 3.63) is 64.9 Å². The minimum Gasteiger partial charge on any atom is -0.491 e. The van der Waals surface area contributed by atoms with Crippen molar-refractivity contribution in [1.82, 2.24) is 9.88 Å². The molecular weight excluding hydrogens is 465 g/mol. The van der Waals surface area contributed by atoms with Crippen LogP contribution in [-0.4, -0.2) is 47.3 Å². The van der Waals surface area contributed by atoms with Crippen LogP contribution in [0.15, 0.2) is 46.9 Å². The first-order valence-corrected chi connectivity index (χ1v) is 11.2. The first-order chi connectivity index (χ1) is 16.7. The molecule has 4 rings (SSSR count). The van der Waals surface area contributed by atoms with E-state index in [1.165, 1.54) is 17.7 Å². The van der Waals surface area contributed by atoms with Crippen LogP contribution in [0, 0.1) is 0 Å². The van der Waals surface area contributed by atoms with Gasteiger partial charge in [-0.1, -0.05) is 6.07 Å². The predicted octanol–water partition coefficient (Wildman–Crippen LogP) is 4.61. The number of alkyl halides is 3. The van der Waals surface area contributed by atoms with Crippen molar-refractivity contribution in [2.24, 2.45) is 0 Å². The van der Waals surface area contributed by atoms with Crippen LogP contribution < -0.4 is 4.74 Å². The molecule has 0 aliphatic carbocycles. The van der Waals surface area contributed by atoms with Gasteiger partial charge in [0.25, 0.3) is 5.88 Å². The highest BCUT2D eigenvalue weighted by molar-refractivity contribution is 5.71. The molecule has 186 valence electrons. The minimum atomic E-state index is -4.43. The van der Waals surface area contributed by atoms with Crippen LogP contribution >= 0.6 is 0 Å². The first kappa shape index (κ1) is 24.6. The molecule has 0 unspecified atom stereocenters.